The van der Waals surface area contributed by atoms with Gasteiger partial charge in [0.2, 0.25) is 5.76 Å². The van der Waals surface area contributed by atoms with Gasteiger partial charge in [-0.25, -0.2) is 4.79 Å². The van der Waals surface area contributed by atoms with Crippen LogP contribution in [0.25, 0.3) is 11.1 Å². The maximum Gasteiger partial charge on any atom is 0.372 e. The zero-order chi connectivity index (χ0) is 10.8. The highest BCUT2D eigenvalue weighted by atomic mass is 32.1. The molecule has 0 aromatic carbocycles. The molecule has 0 amide bonds. The van der Waals surface area contributed by atoms with Crippen molar-refractivity contribution in [1.82, 2.24) is 0 Å². The molecule has 2 heterocycles. The number of carboxylic acids is 1. The highest BCUT2D eigenvalue weighted by Gasteiger charge is 2.18. The van der Waals surface area contributed by atoms with Gasteiger partial charge in [-0.05, 0) is 17.5 Å². The number of rotatable bonds is 3. The molecule has 0 atom stereocenters. The lowest BCUT2D eigenvalue weighted by Crippen LogP contribution is -1.96. The molecular weight excluding hydrogens is 216 g/mol. The third kappa shape index (κ3) is 1.57. The molecular formula is C10H6O4S. The van der Waals surface area contributed by atoms with Gasteiger partial charge < -0.3 is 9.52 Å². The summed E-state index contributed by atoms with van der Waals surface area (Å²) in [6.45, 7) is 0. The predicted molar refractivity (Wildman–Crippen MR) is 54.4 cm³/mol. The summed E-state index contributed by atoms with van der Waals surface area (Å²) in [7, 11) is 0. The molecule has 0 fully saturated rings. The van der Waals surface area contributed by atoms with E-state index in [1.54, 1.807) is 17.5 Å². The molecule has 2 rings (SSSR count). The minimum absolute atomic E-state index is 0.142. The van der Waals surface area contributed by atoms with E-state index in [4.69, 9.17) is 9.52 Å². The minimum Gasteiger partial charge on any atom is -0.475 e. The lowest BCUT2D eigenvalue weighted by molar-refractivity contribution is 0.0663. The number of hydrogen-bond donors (Lipinski definition) is 1. The molecule has 5 heteroatoms. The molecule has 0 aliphatic rings. The Morgan fingerprint density at radius 2 is 2.20 bits per heavy atom. The van der Waals surface area contributed by atoms with Gasteiger partial charge in [0.25, 0.3) is 0 Å². The van der Waals surface area contributed by atoms with Crippen molar-refractivity contribution >= 4 is 23.6 Å². The van der Waals surface area contributed by atoms with E-state index in [0.29, 0.717) is 22.3 Å². The van der Waals surface area contributed by atoms with E-state index in [-0.39, 0.29) is 5.76 Å². The number of furan rings is 1. The van der Waals surface area contributed by atoms with Crippen molar-refractivity contribution in [2.45, 2.75) is 0 Å². The molecule has 1 N–H and O–H groups in total. The molecule has 2 aromatic heterocycles. The Morgan fingerprint density at radius 3 is 2.87 bits per heavy atom. The molecule has 76 valence electrons. The number of carbonyl (C=O) groups excluding carboxylic acids is 1. The number of carboxylic acid groups (broad SMARTS) is 1. The standard InChI is InChI=1S/C10H6O4S/c11-5-8-6(2-4-15-8)7-1-3-14-9(7)10(12)13/h1-5H,(H,12,13). The summed E-state index contributed by atoms with van der Waals surface area (Å²) in [6.07, 6.45) is 2.00. The van der Waals surface area contributed by atoms with Gasteiger partial charge in [0, 0.05) is 11.1 Å². The molecule has 4 nitrogen and oxygen atoms in total. The van der Waals surface area contributed by atoms with Gasteiger partial charge >= 0.3 is 5.97 Å². The van der Waals surface area contributed by atoms with Gasteiger partial charge in [-0.1, -0.05) is 0 Å². The minimum atomic E-state index is -1.14. The van der Waals surface area contributed by atoms with Crippen LogP contribution in [0.1, 0.15) is 20.2 Å². The summed E-state index contributed by atoms with van der Waals surface area (Å²) in [6, 6.07) is 3.24. The van der Waals surface area contributed by atoms with Crippen molar-refractivity contribution in [2.24, 2.45) is 0 Å². The quantitative estimate of drug-likeness (QED) is 0.810. The molecule has 0 aliphatic heterocycles. The van der Waals surface area contributed by atoms with Crippen LogP contribution in [0.2, 0.25) is 0 Å². The van der Waals surface area contributed by atoms with Crippen LogP contribution in [0.5, 0.6) is 0 Å². The summed E-state index contributed by atoms with van der Waals surface area (Å²) >= 11 is 1.27. The zero-order valence-corrected chi connectivity index (χ0v) is 8.28. The zero-order valence-electron chi connectivity index (χ0n) is 7.47. The number of hydrogen-bond acceptors (Lipinski definition) is 4. The number of thiophene rings is 1. The Bertz CT molecular complexity index is 509. The Morgan fingerprint density at radius 1 is 1.40 bits per heavy atom. The summed E-state index contributed by atoms with van der Waals surface area (Å²) in [4.78, 5) is 22.0. The van der Waals surface area contributed by atoms with Gasteiger partial charge in [0.05, 0.1) is 11.1 Å². The van der Waals surface area contributed by atoms with E-state index in [9.17, 15) is 9.59 Å². The number of carbonyl (C=O) groups is 2. The lowest BCUT2D eigenvalue weighted by Gasteiger charge is -1.96. The summed E-state index contributed by atoms with van der Waals surface area (Å²) < 4.78 is 4.84. The topological polar surface area (TPSA) is 67.5 Å². The van der Waals surface area contributed by atoms with Crippen LogP contribution >= 0.6 is 11.3 Å². The van der Waals surface area contributed by atoms with Crippen molar-refractivity contribution in [3.05, 3.63) is 34.4 Å². The van der Waals surface area contributed by atoms with E-state index in [1.165, 1.54) is 17.6 Å². The van der Waals surface area contributed by atoms with Crippen LogP contribution in [0, 0.1) is 0 Å². The second-order valence-corrected chi connectivity index (χ2v) is 3.73. The highest BCUT2D eigenvalue weighted by Crippen LogP contribution is 2.30. The van der Waals surface area contributed by atoms with Crippen molar-refractivity contribution < 1.29 is 19.1 Å². The van der Waals surface area contributed by atoms with Gasteiger partial charge in [-0.15, -0.1) is 11.3 Å². The highest BCUT2D eigenvalue weighted by molar-refractivity contribution is 7.12. The van der Waals surface area contributed by atoms with Gasteiger partial charge in [-0.2, -0.15) is 0 Å². The fourth-order valence-corrected chi connectivity index (χ4v) is 2.03. The molecule has 0 radical (unpaired) electrons. The first kappa shape index (κ1) is 9.67. The molecule has 0 bridgehead atoms. The second-order valence-electron chi connectivity index (χ2n) is 2.78. The maximum atomic E-state index is 10.8. The van der Waals surface area contributed by atoms with E-state index in [2.05, 4.69) is 0 Å². The van der Waals surface area contributed by atoms with Crippen LogP contribution in [0.3, 0.4) is 0 Å². The van der Waals surface area contributed by atoms with Crippen LogP contribution in [-0.4, -0.2) is 17.4 Å². The molecule has 15 heavy (non-hydrogen) atoms. The molecule has 0 spiro atoms. The lowest BCUT2D eigenvalue weighted by atomic mass is 10.1. The summed E-state index contributed by atoms with van der Waals surface area (Å²) in [5.41, 5.74) is 1.03. The largest absolute Gasteiger partial charge is 0.475 e. The maximum absolute atomic E-state index is 10.8. The van der Waals surface area contributed by atoms with E-state index in [0.717, 1.165) is 0 Å². The first-order valence-electron chi connectivity index (χ1n) is 4.08. The number of aldehydes is 1. The monoisotopic (exact) mass is 222 g/mol. The molecule has 0 saturated carbocycles. The molecule has 0 saturated heterocycles. The first-order valence-corrected chi connectivity index (χ1v) is 4.96. The van der Waals surface area contributed by atoms with Crippen molar-refractivity contribution in [3.63, 3.8) is 0 Å². The van der Waals surface area contributed by atoms with Crippen molar-refractivity contribution in [2.75, 3.05) is 0 Å². The SMILES string of the molecule is O=Cc1sccc1-c1ccoc1C(=O)O. The Balaban J connectivity index is 2.58. The third-order valence-corrected chi connectivity index (χ3v) is 2.79. The van der Waals surface area contributed by atoms with E-state index < -0.39 is 5.97 Å². The Hall–Kier alpha value is -1.88. The second kappa shape index (κ2) is 3.70. The predicted octanol–water partition coefficient (Wildman–Crippen LogP) is 2.52. The smallest absolute Gasteiger partial charge is 0.372 e. The van der Waals surface area contributed by atoms with E-state index in [1.807, 2.05) is 0 Å². The first-order chi connectivity index (χ1) is 7.24. The van der Waals surface area contributed by atoms with E-state index >= 15 is 0 Å². The van der Waals surface area contributed by atoms with Gasteiger partial charge in [0.15, 0.2) is 6.29 Å². The molecule has 0 aliphatic carbocycles. The fraction of sp³-hybridized carbons (Fsp3) is 0. The summed E-state index contributed by atoms with van der Waals surface area (Å²) in [5.74, 6) is -1.28. The summed E-state index contributed by atoms with van der Waals surface area (Å²) in [5, 5.41) is 10.6. The van der Waals surface area contributed by atoms with Gasteiger partial charge in [-0.3, -0.25) is 4.79 Å². The molecule has 2 aromatic rings. The Labute approximate surface area is 88.8 Å². The van der Waals surface area contributed by atoms with Gasteiger partial charge in [0.1, 0.15) is 0 Å². The Kier molecular flexibility index (Phi) is 2.39. The van der Waals surface area contributed by atoms with Crippen molar-refractivity contribution in [1.29, 1.82) is 0 Å². The van der Waals surface area contributed by atoms with Crippen molar-refractivity contribution in [3.8, 4) is 11.1 Å². The average Bonchev–Trinajstić information content (AvgIpc) is 2.85. The van der Waals surface area contributed by atoms with Crippen LogP contribution in [0.15, 0.2) is 28.2 Å². The normalized spacial score (nSPS) is 10.1. The average molecular weight is 222 g/mol. The fourth-order valence-electron chi connectivity index (χ4n) is 1.32. The van der Waals surface area contributed by atoms with Crippen LogP contribution < -0.4 is 0 Å². The van der Waals surface area contributed by atoms with Crippen LogP contribution in [-0.2, 0) is 0 Å². The number of aromatic carboxylic acids is 1. The third-order valence-electron chi connectivity index (χ3n) is 1.95. The molecule has 0 unspecified atom stereocenters. The van der Waals surface area contributed by atoms with Crippen LogP contribution in [0.4, 0.5) is 0 Å².